The Morgan fingerprint density at radius 3 is 2.76 bits per heavy atom. The van der Waals surface area contributed by atoms with Gasteiger partial charge in [0, 0.05) is 24.6 Å². The van der Waals surface area contributed by atoms with E-state index in [4.69, 9.17) is 0 Å². The van der Waals surface area contributed by atoms with Crippen LogP contribution in [0.1, 0.15) is 12.5 Å². The van der Waals surface area contributed by atoms with Crippen LogP contribution in [0.3, 0.4) is 0 Å². The minimum Gasteiger partial charge on any atom is -0.345 e. The molecule has 0 saturated carbocycles. The van der Waals surface area contributed by atoms with Gasteiger partial charge in [0.1, 0.15) is 5.82 Å². The molecular formula is C12H16BrFN2O. The van der Waals surface area contributed by atoms with Crippen molar-refractivity contribution in [2.24, 2.45) is 0 Å². The Kier molecular flexibility index (Phi) is 5.58. The van der Waals surface area contributed by atoms with Crippen molar-refractivity contribution in [1.29, 1.82) is 0 Å². The summed E-state index contributed by atoms with van der Waals surface area (Å²) in [5, 5.41) is 2.99. The van der Waals surface area contributed by atoms with Gasteiger partial charge in [-0.25, -0.2) is 4.39 Å². The van der Waals surface area contributed by atoms with Crippen LogP contribution in [0, 0.1) is 5.82 Å². The molecule has 1 N–H and O–H groups in total. The topological polar surface area (TPSA) is 32.3 Å². The van der Waals surface area contributed by atoms with E-state index in [0.717, 1.165) is 5.56 Å². The number of nitrogens with one attached hydrogen (secondary N) is 1. The summed E-state index contributed by atoms with van der Waals surface area (Å²) >= 11 is 3.23. The molecule has 1 aromatic carbocycles. The zero-order valence-corrected chi connectivity index (χ0v) is 11.6. The summed E-state index contributed by atoms with van der Waals surface area (Å²) in [6.07, 6.45) is 0. The average molecular weight is 303 g/mol. The number of rotatable bonds is 5. The third-order valence-corrected chi connectivity index (χ3v) is 2.89. The van der Waals surface area contributed by atoms with Gasteiger partial charge in [0.25, 0.3) is 0 Å². The van der Waals surface area contributed by atoms with Crippen LogP contribution < -0.4 is 5.32 Å². The molecule has 0 saturated heterocycles. The van der Waals surface area contributed by atoms with Crippen molar-refractivity contribution in [2.75, 3.05) is 20.1 Å². The number of amides is 1. The minimum absolute atomic E-state index is 0.0305. The average Bonchev–Trinajstić information content (AvgIpc) is 2.26. The number of carbonyl (C=O) groups excluding carboxylic acids is 1. The Balaban J connectivity index is 2.43. The van der Waals surface area contributed by atoms with Crippen LogP contribution in [-0.2, 0) is 11.3 Å². The van der Waals surface area contributed by atoms with Gasteiger partial charge in [-0.2, -0.15) is 0 Å². The van der Waals surface area contributed by atoms with Crippen LogP contribution >= 0.6 is 15.9 Å². The van der Waals surface area contributed by atoms with Crippen molar-refractivity contribution in [3.8, 4) is 0 Å². The van der Waals surface area contributed by atoms with Crippen LogP contribution in [0.15, 0.2) is 22.7 Å². The lowest BCUT2D eigenvalue weighted by atomic mass is 10.2. The molecule has 0 bridgehead atoms. The summed E-state index contributed by atoms with van der Waals surface area (Å²) in [5.41, 5.74) is 0.809. The summed E-state index contributed by atoms with van der Waals surface area (Å²) in [7, 11) is 1.75. The SMILES string of the molecule is CCN(C)C(=O)CNCc1cc(F)cc(Br)c1. The first kappa shape index (κ1) is 14.1. The zero-order valence-electron chi connectivity index (χ0n) is 9.96. The van der Waals surface area contributed by atoms with E-state index in [1.54, 1.807) is 11.9 Å². The number of likely N-dealkylation sites (N-methyl/N-ethyl adjacent to an activating group) is 1. The highest BCUT2D eigenvalue weighted by atomic mass is 79.9. The standard InChI is InChI=1S/C12H16BrFN2O/c1-3-16(2)12(17)8-15-7-9-4-10(13)6-11(14)5-9/h4-6,15H,3,7-8H2,1-2H3. The number of hydrogen-bond acceptors (Lipinski definition) is 2. The Morgan fingerprint density at radius 2 is 2.18 bits per heavy atom. The lowest BCUT2D eigenvalue weighted by molar-refractivity contribution is -0.128. The molecule has 0 spiro atoms. The molecule has 0 fully saturated rings. The molecule has 17 heavy (non-hydrogen) atoms. The number of hydrogen-bond donors (Lipinski definition) is 1. The summed E-state index contributed by atoms with van der Waals surface area (Å²) < 4.78 is 13.8. The molecule has 0 atom stereocenters. The third-order valence-electron chi connectivity index (χ3n) is 2.43. The van der Waals surface area contributed by atoms with Crippen LogP contribution in [-0.4, -0.2) is 30.9 Å². The normalized spacial score (nSPS) is 10.4. The number of halogens is 2. The molecular weight excluding hydrogens is 287 g/mol. The van der Waals surface area contributed by atoms with Gasteiger partial charge in [0.05, 0.1) is 6.54 Å². The highest BCUT2D eigenvalue weighted by Crippen LogP contribution is 2.14. The van der Waals surface area contributed by atoms with E-state index in [1.807, 2.05) is 13.0 Å². The predicted octanol–water partition coefficient (Wildman–Crippen LogP) is 2.16. The van der Waals surface area contributed by atoms with Crippen molar-refractivity contribution >= 4 is 21.8 Å². The van der Waals surface area contributed by atoms with E-state index in [2.05, 4.69) is 21.2 Å². The second-order valence-electron chi connectivity index (χ2n) is 3.79. The van der Waals surface area contributed by atoms with Crippen LogP contribution in [0.2, 0.25) is 0 Å². The predicted molar refractivity (Wildman–Crippen MR) is 69.1 cm³/mol. The smallest absolute Gasteiger partial charge is 0.236 e. The molecule has 0 aliphatic carbocycles. The quantitative estimate of drug-likeness (QED) is 0.904. The van der Waals surface area contributed by atoms with E-state index >= 15 is 0 Å². The maximum Gasteiger partial charge on any atom is 0.236 e. The molecule has 0 aliphatic heterocycles. The fourth-order valence-corrected chi connectivity index (χ4v) is 1.85. The van der Waals surface area contributed by atoms with E-state index in [-0.39, 0.29) is 18.3 Å². The first-order valence-corrected chi connectivity index (χ1v) is 6.22. The lowest BCUT2D eigenvalue weighted by Crippen LogP contribution is -2.35. The van der Waals surface area contributed by atoms with Gasteiger partial charge in [-0.3, -0.25) is 4.79 Å². The second kappa shape index (κ2) is 6.71. The monoisotopic (exact) mass is 302 g/mol. The number of benzene rings is 1. The van der Waals surface area contributed by atoms with Crippen molar-refractivity contribution in [1.82, 2.24) is 10.2 Å². The highest BCUT2D eigenvalue weighted by Gasteiger charge is 2.05. The Labute approximate surface area is 109 Å². The lowest BCUT2D eigenvalue weighted by Gasteiger charge is -2.14. The fraction of sp³-hybridized carbons (Fsp3) is 0.417. The molecule has 1 amide bonds. The van der Waals surface area contributed by atoms with Crippen LogP contribution in [0.5, 0.6) is 0 Å². The Morgan fingerprint density at radius 1 is 1.47 bits per heavy atom. The molecule has 94 valence electrons. The summed E-state index contributed by atoms with van der Waals surface area (Å²) in [4.78, 5) is 13.1. The highest BCUT2D eigenvalue weighted by molar-refractivity contribution is 9.10. The first-order chi connectivity index (χ1) is 8.02. The molecule has 5 heteroatoms. The maximum absolute atomic E-state index is 13.1. The van der Waals surface area contributed by atoms with Crippen molar-refractivity contribution in [2.45, 2.75) is 13.5 Å². The molecule has 1 aromatic rings. The van der Waals surface area contributed by atoms with Gasteiger partial charge < -0.3 is 10.2 Å². The van der Waals surface area contributed by atoms with Crippen LogP contribution in [0.25, 0.3) is 0 Å². The molecule has 0 heterocycles. The fourth-order valence-electron chi connectivity index (χ4n) is 1.34. The minimum atomic E-state index is -0.284. The molecule has 1 rings (SSSR count). The summed E-state index contributed by atoms with van der Waals surface area (Å²) in [5.74, 6) is -0.254. The molecule has 0 unspecified atom stereocenters. The van der Waals surface area contributed by atoms with Crippen molar-refractivity contribution in [3.05, 3.63) is 34.1 Å². The van der Waals surface area contributed by atoms with Gasteiger partial charge in [0.2, 0.25) is 5.91 Å². The van der Waals surface area contributed by atoms with Crippen molar-refractivity contribution in [3.63, 3.8) is 0 Å². The Hall–Kier alpha value is -0.940. The van der Waals surface area contributed by atoms with E-state index < -0.39 is 0 Å². The maximum atomic E-state index is 13.1. The van der Waals surface area contributed by atoms with Crippen molar-refractivity contribution < 1.29 is 9.18 Å². The van der Waals surface area contributed by atoms with Gasteiger partial charge >= 0.3 is 0 Å². The summed E-state index contributed by atoms with van der Waals surface area (Å²) in [6, 6.07) is 4.68. The van der Waals surface area contributed by atoms with Gasteiger partial charge in [-0.1, -0.05) is 15.9 Å². The first-order valence-electron chi connectivity index (χ1n) is 5.42. The largest absolute Gasteiger partial charge is 0.345 e. The number of carbonyl (C=O) groups is 1. The molecule has 0 aromatic heterocycles. The number of nitrogens with zero attached hydrogens (tertiary/aromatic N) is 1. The third kappa shape index (κ3) is 4.83. The van der Waals surface area contributed by atoms with E-state index in [0.29, 0.717) is 17.6 Å². The second-order valence-corrected chi connectivity index (χ2v) is 4.70. The molecule has 3 nitrogen and oxygen atoms in total. The van der Waals surface area contributed by atoms with E-state index in [9.17, 15) is 9.18 Å². The van der Waals surface area contributed by atoms with Crippen LogP contribution in [0.4, 0.5) is 4.39 Å². The van der Waals surface area contributed by atoms with Gasteiger partial charge in [-0.15, -0.1) is 0 Å². The molecule has 0 radical (unpaired) electrons. The van der Waals surface area contributed by atoms with E-state index in [1.165, 1.54) is 12.1 Å². The summed E-state index contributed by atoms with van der Waals surface area (Å²) in [6.45, 7) is 3.34. The van der Waals surface area contributed by atoms with Gasteiger partial charge in [0.15, 0.2) is 0 Å². The molecule has 0 aliphatic rings. The zero-order chi connectivity index (χ0) is 12.8. The van der Waals surface area contributed by atoms with Gasteiger partial charge in [-0.05, 0) is 30.7 Å². The Bertz CT molecular complexity index is 378.